The number of imide groups is 2. The molecule has 2 N–H and O–H groups in total. The summed E-state index contributed by atoms with van der Waals surface area (Å²) in [5.41, 5.74) is 1.76. The number of benzene rings is 1. The van der Waals surface area contributed by atoms with E-state index in [1.807, 2.05) is 6.07 Å². The average Bonchev–Trinajstić information content (AvgIpc) is 3.17. The fraction of sp³-hybridized carbons (Fsp3) is 0.500. The first-order chi connectivity index (χ1) is 13.5. The summed E-state index contributed by atoms with van der Waals surface area (Å²) in [5.74, 6) is -1.82. The number of hydrogen-bond acceptors (Lipinski definition) is 6. The van der Waals surface area contributed by atoms with Gasteiger partial charge in [0.1, 0.15) is 6.04 Å². The van der Waals surface area contributed by atoms with Gasteiger partial charge in [-0.25, -0.2) is 0 Å². The minimum atomic E-state index is -0.924. The minimum Gasteiger partial charge on any atom is -0.313 e. The molecule has 0 saturated carbocycles. The molecule has 4 heterocycles. The first-order valence-electron chi connectivity index (χ1n) is 9.79. The molecular weight excluding hydrogens is 360 g/mol. The summed E-state index contributed by atoms with van der Waals surface area (Å²) in [6, 6.07) is 4.42. The molecule has 1 aromatic rings. The van der Waals surface area contributed by atoms with Crippen LogP contribution >= 0.6 is 0 Å². The molecule has 1 unspecified atom stereocenters. The second kappa shape index (κ2) is 6.22. The second-order valence-corrected chi connectivity index (χ2v) is 8.14. The molecule has 8 nitrogen and oxygen atoms in total. The lowest BCUT2D eigenvalue weighted by Crippen LogP contribution is -2.65. The molecule has 1 atom stereocenters. The Morgan fingerprint density at radius 1 is 1.11 bits per heavy atom. The van der Waals surface area contributed by atoms with Gasteiger partial charge in [-0.15, -0.1) is 0 Å². The lowest BCUT2D eigenvalue weighted by atomic mass is 9.89. The highest BCUT2D eigenvalue weighted by Gasteiger charge is 2.48. The number of amides is 4. The van der Waals surface area contributed by atoms with Gasteiger partial charge in [-0.05, 0) is 37.4 Å². The van der Waals surface area contributed by atoms with E-state index in [1.165, 1.54) is 0 Å². The van der Waals surface area contributed by atoms with Crippen LogP contribution in [0, 0.1) is 0 Å². The third-order valence-corrected chi connectivity index (χ3v) is 6.56. The van der Waals surface area contributed by atoms with Crippen LogP contribution in [0.5, 0.6) is 0 Å². The highest BCUT2D eigenvalue weighted by atomic mass is 16.2. The zero-order chi connectivity index (χ0) is 19.5. The van der Waals surface area contributed by atoms with E-state index in [0.717, 1.165) is 42.9 Å². The summed E-state index contributed by atoms with van der Waals surface area (Å²) in [7, 11) is 0. The van der Waals surface area contributed by atoms with Crippen molar-refractivity contribution in [2.45, 2.75) is 43.8 Å². The summed E-state index contributed by atoms with van der Waals surface area (Å²) in [6.45, 7) is 3.51. The summed E-state index contributed by atoms with van der Waals surface area (Å²) in [5, 5.41) is 5.58. The molecule has 5 rings (SSSR count). The van der Waals surface area contributed by atoms with Crippen LogP contribution in [0.2, 0.25) is 0 Å². The second-order valence-electron chi connectivity index (χ2n) is 8.14. The summed E-state index contributed by atoms with van der Waals surface area (Å²) in [4.78, 5) is 53.2. The van der Waals surface area contributed by atoms with Gasteiger partial charge >= 0.3 is 0 Å². The van der Waals surface area contributed by atoms with Crippen LogP contribution in [0.4, 0.5) is 0 Å². The van der Waals surface area contributed by atoms with Crippen molar-refractivity contribution in [3.05, 3.63) is 34.9 Å². The Kier molecular flexibility index (Phi) is 3.89. The van der Waals surface area contributed by atoms with Crippen molar-refractivity contribution in [1.29, 1.82) is 0 Å². The van der Waals surface area contributed by atoms with Crippen molar-refractivity contribution in [2.24, 2.45) is 0 Å². The van der Waals surface area contributed by atoms with Crippen molar-refractivity contribution in [3.8, 4) is 0 Å². The van der Waals surface area contributed by atoms with Gasteiger partial charge in [0, 0.05) is 31.6 Å². The molecule has 1 aromatic carbocycles. The molecule has 0 aromatic heterocycles. The van der Waals surface area contributed by atoms with Crippen LogP contribution in [-0.4, -0.2) is 64.6 Å². The molecule has 28 heavy (non-hydrogen) atoms. The smallest absolute Gasteiger partial charge is 0.262 e. The van der Waals surface area contributed by atoms with Crippen LogP contribution < -0.4 is 10.6 Å². The largest absolute Gasteiger partial charge is 0.313 e. The fourth-order valence-corrected chi connectivity index (χ4v) is 4.98. The number of piperidine rings is 1. The number of likely N-dealkylation sites (tertiary alicyclic amines) is 1. The van der Waals surface area contributed by atoms with E-state index in [2.05, 4.69) is 15.5 Å². The Morgan fingerprint density at radius 3 is 2.64 bits per heavy atom. The molecule has 4 amide bonds. The topological polar surface area (TPSA) is 98.8 Å². The Morgan fingerprint density at radius 2 is 1.93 bits per heavy atom. The van der Waals surface area contributed by atoms with Crippen molar-refractivity contribution >= 4 is 23.6 Å². The van der Waals surface area contributed by atoms with E-state index in [4.69, 9.17) is 0 Å². The van der Waals surface area contributed by atoms with Crippen LogP contribution in [0.25, 0.3) is 0 Å². The van der Waals surface area contributed by atoms with E-state index in [0.29, 0.717) is 17.7 Å². The number of rotatable bonds is 3. The quantitative estimate of drug-likeness (QED) is 0.716. The van der Waals surface area contributed by atoms with Crippen LogP contribution in [0.3, 0.4) is 0 Å². The van der Waals surface area contributed by atoms with Gasteiger partial charge in [-0.1, -0.05) is 12.1 Å². The van der Waals surface area contributed by atoms with Crippen LogP contribution in [0.1, 0.15) is 52.0 Å². The number of nitrogens with zero attached hydrogens (tertiary/aromatic N) is 2. The SMILES string of the molecule is O=C1CCC(N2C(=O)c3cccc(CN4CCCC45CNC5)c3C2=O)C(=O)N1. The Bertz CT molecular complexity index is 907. The van der Waals surface area contributed by atoms with E-state index in [-0.39, 0.29) is 24.3 Å². The lowest BCUT2D eigenvalue weighted by Gasteiger charge is -2.46. The Balaban J connectivity index is 1.45. The molecule has 4 aliphatic rings. The summed E-state index contributed by atoms with van der Waals surface area (Å²) in [6.07, 6.45) is 2.57. The lowest BCUT2D eigenvalue weighted by molar-refractivity contribution is -0.136. The third-order valence-electron chi connectivity index (χ3n) is 6.56. The standard InChI is InChI=1S/C20H22N4O4/c25-15-6-5-14(17(26)22-15)24-18(27)13-4-1-3-12(16(13)19(24)28)9-23-8-2-7-20(23)10-21-11-20/h1,3-4,14,21H,2,5-11H2,(H,22,25,26). The van der Waals surface area contributed by atoms with E-state index >= 15 is 0 Å². The van der Waals surface area contributed by atoms with Crippen molar-refractivity contribution < 1.29 is 19.2 Å². The van der Waals surface area contributed by atoms with Crippen molar-refractivity contribution in [3.63, 3.8) is 0 Å². The average molecular weight is 382 g/mol. The molecule has 1 spiro atoms. The summed E-state index contributed by atoms with van der Waals surface area (Å²) >= 11 is 0. The predicted octanol–water partition coefficient (Wildman–Crippen LogP) is 0.0256. The van der Waals surface area contributed by atoms with E-state index < -0.39 is 23.8 Å². The summed E-state index contributed by atoms with van der Waals surface area (Å²) < 4.78 is 0. The molecule has 3 saturated heterocycles. The molecule has 3 fully saturated rings. The van der Waals surface area contributed by atoms with Gasteiger partial charge in [-0.2, -0.15) is 0 Å². The van der Waals surface area contributed by atoms with Crippen molar-refractivity contribution in [2.75, 3.05) is 19.6 Å². The maximum atomic E-state index is 13.2. The van der Waals surface area contributed by atoms with Crippen molar-refractivity contribution in [1.82, 2.24) is 20.4 Å². The minimum absolute atomic E-state index is 0.125. The number of fused-ring (bicyclic) bond motifs is 1. The molecule has 8 heteroatoms. The molecule has 4 aliphatic heterocycles. The molecular formula is C20H22N4O4. The first kappa shape index (κ1) is 17.5. The zero-order valence-electron chi connectivity index (χ0n) is 15.5. The molecule has 0 radical (unpaired) electrons. The number of carbonyl (C=O) groups excluding carboxylic acids is 4. The van der Waals surface area contributed by atoms with Crippen LogP contribution in [0.15, 0.2) is 18.2 Å². The first-order valence-corrected chi connectivity index (χ1v) is 9.79. The maximum absolute atomic E-state index is 13.2. The van der Waals surface area contributed by atoms with Gasteiger partial charge in [0.15, 0.2) is 0 Å². The molecule has 0 aliphatic carbocycles. The molecule has 146 valence electrons. The van der Waals surface area contributed by atoms with Crippen LogP contribution in [-0.2, 0) is 16.1 Å². The van der Waals surface area contributed by atoms with Gasteiger partial charge in [0.2, 0.25) is 11.8 Å². The number of hydrogen-bond donors (Lipinski definition) is 2. The maximum Gasteiger partial charge on any atom is 0.262 e. The predicted molar refractivity (Wildman–Crippen MR) is 98.4 cm³/mol. The molecule has 0 bridgehead atoms. The zero-order valence-corrected chi connectivity index (χ0v) is 15.5. The Labute approximate surface area is 162 Å². The number of nitrogens with one attached hydrogen (secondary N) is 2. The van der Waals surface area contributed by atoms with Gasteiger partial charge in [-0.3, -0.25) is 34.3 Å². The third kappa shape index (κ3) is 2.44. The number of carbonyl (C=O) groups is 4. The fourth-order valence-electron chi connectivity index (χ4n) is 4.98. The van der Waals surface area contributed by atoms with Gasteiger partial charge in [0.25, 0.3) is 11.8 Å². The monoisotopic (exact) mass is 382 g/mol. The van der Waals surface area contributed by atoms with Gasteiger partial charge < -0.3 is 5.32 Å². The van der Waals surface area contributed by atoms with E-state index in [1.54, 1.807) is 12.1 Å². The van der Waals surface area contributed by atoms with E-state index in [9.17, 15) is 19.2 Å². The Hall–Kier alpha value is -2.58. The van der Waals surface area contributed by atoms with Gasteiger partial charge in [0.05, 0.1) is 11.1 Å². The highest BCUT2D eigenvalue weighted by molar-refractivity contribution is 6.24. The normalized spacial score (nSPS) is 26.6. The highest BCUT2D eigenvalue weighted by Crippen LogP contribution is 2.36.